The molecule has 0 spiro atoms. The van der Waals surface area contributed by atoms with Gasteiger partial charge in [0.05, 0.1) is 10.7 Å². The fourth-order valence-electron chi connectivity index (χ4n) is 1.79. The lowest BCUT2D eigenvalue weighted by Gasteiger charge is -2.10. The van der Waals surface area contributed by atoms with E-state index in [1.54, 1.807) is 0 Å². The van der Waals surface area contributed by atoms with Crippen molar-refractivity contribution in [3.05, 3.63) is 41.0 Å². The van der Waals surface area contributed by atoms with Gasteiger partial charge < -0.3 is 10.6 Å². The molecule has 0 amide bonds. The van der Waals surface area contributed by atoms with Crippen LogP contribution in [0.3, 0.4) is 0 Å². The molecule has 5 heteroatoms. The van der Waals surface area contributed by atoms with Gasteiger partial charge in [0, 0.05) is 18.3 Å². The Morgan fingerprint density at radius 2 is 2.00 bits per heavy atom. The molecule has 1 aromatic carbocycles. The van der Waals surface area contributed by atoms with Crippen LogP contribution >= 0.6 is 11.6 Å². The highest BCUT2D eigenvalue weighted by molar-refractivity contribution is 6.33. The van der Waals surface area contributed by atoms with Crippen LogP contribution in [0.15, 0.2) is 30.3 Å². The number of rotatable bonds is 6. The summed E-state index contributed by atoms with van der Waals surface area (Å²) >= 11 is 6.12. The van der Waals surface area contributed by atoms with E-state index >= 15 is 0 Å². The van der Waals surface area contributed by atoms with Gasteiger partial charge in [0.25, 0.3) is 0 Å². The van der Waals surface area contributed by atoms with Crippen LogP contribution in [0, 0.1) is 6.92 Å². The Morgan fingerprint density at radius 1 is 1.20 bits per heavy atom. The van der Waals surface area contributed by atoms with Crippen molar-refractivity contribution in [1.82, 2.24) is 9.97 Å². The standard InChI is InChI=1S/C15H19ClN4/c1-3-4-9-17-14-10-11(2)18-15(20-14)19-13-8-6-5-7-12(13)16/h5-8,10H,3-4,9H2,1-2H3,(H2,17,18,19,20). The molecule has 0 aliphatic carbocycles. The summed E-state index contributed by atoms with van der Waals surface area (Å²) < 4.78 is 0. The number of halogens is 1. The molecule has 20 heavy (non-hydrogen) atoms. The second-order valence-electron chi connectivity index (χ2n) is 4.60. The molecule has 2 rings (SSSR count). The van der Waals surface area contributed by atoms with Crippen molar-refractivity contribution in [1.29, 1.82) is 0 Å². The minimum atomic E-state index is 0.553. The Labute approximate surface area is 124 Å². The van der Waals surface area contributed by atoms with Crippen LogP contribution in [-0.2, 0) is 0 Å². The van der Waals surface area contributed by atoms with Gasteiger partial charge in [-0.05, 0) is 25.5 Å². The minimum Gasteiger partial charge on any atom is -0.370 e. The normalized spacial score (nSPS) is 10.3. The maximum absolute atomic E-state index is 6.12. The van der Waals surface area contributed by atoms with Gasteiger partial charge in [0.15, 0.2) is 0 Å². The van der Waals surface area contributed by atoms with E-state index in [4.69, 9.17) is 11.6 Å². The van der Waals surface area contributed by atoms with Crippen LogP contribution in [0.4, 0.5) is 17.5 Å². The van der Waals surface area contributed by atoms with E-state index in [0.29, 0.717) is 11.0 Å². The van der Waals surface area contributed by atoms with E-state index in [9.17, 15) is 0 Å². The summed E-state index contributed by atoms with van der Waals surface area (Å²) in [4.78, 5) is 8.83. The van der Waals surface area contributed by atoms with Crippen molar-refractivity contribution in [3.8, 4) is 0 Å². The molecule has 2 N–H and O–H groups in total. The fourth-order valence-corrected chi connectivity index (χ4v) is 1.97. The Balaban J connectivity index is 2.13. The molecule has 0 fully saturated rings. The Kier molecular flexibility index (Phi) is 5.18. The van der Waals surface area contributed by atoms with Crippen molar-refractivity contribution in [3.63, 3.8) is 0 Å². The third kappa shape index (κ3) is 4.10. The first-order valence-corrected chi connectivity index (χ1v) is 7.18. The van der Waals surface area contributed by atoms with Crippen LogP contribution in [0.1, 0.15) is 25.5 Å². The van der Waals surface area contributed by atoms with Crippen molar-refractivity contribution < 1.29 is 0 Å². The zero-order valence-corrected chi connectivity index (χ0v) is 12.5. The number of hydrogen-bond acceptors (Lipinski definition) is 4. The highest BCUT2D eigenvalue weighted by atomic mass is 35.5. The van der Waals surface area contributed by atoms with Crippen LogP contribution < -0.4 is 10.6 Å². The summed E-state index contributed by atoms with van der Waals surface area (Å²) in [5.74, 6) is 1.39. The number of unbranched alkanes of at least 4 members (excludes halogenated alkanes) is 1. The second-order valence-corrected chi connectivity index (χ2v) is 5.01. The SMILES string of the molecule is CCCCNc1cc(C)nc(Nc2ccccc2Cl)n1. The molecule has 0 aliphatic heterocycles. The van der Waals surface area contributed by atoms with Gasteiger partial charge in [-0.3, -0.25) is 0 Å². The maximum atomic E-state index is 6.12. The lowest BCUT2D eigenvalue weighted by atomic mass is 10.3. The number of hydrogen-bond donors (Lipinski definition) is 2. The molecule has 0 unspecified atom stereocenters. The number of aromatic nitrogens is 2. The van der Waals surface area contributed by atoms with Gasteiger partial charge in [-0.15, -0.1) is 0 Å². The predicted molar refractivity (Wildman–Crippen MR) is 84.9 cm³/mol. The van der Waals surface area contributed by atoms with Gasteiger partial charge in [0.1, 0.15) is 5.82 Å². The predicted octanol–water partition coefficient (Wildman–Crippen LogP) is 4.39. The average molecular weight is 291 g/mol. The fraction of sp³-hybridized carbons (Fsp3) is 0.333. The molecule has 1 heterocycles. The van der Waals surface area contributed by atoms with E-state index in [1.165, 1.54) is 0 Å². The lowest BCUT2D eigenvalue weighted by Crippen LogP contribution is -2.06. The molecule has 0 atom stereocenters. The molecule has 0 saturated carbocycles. The van der Waals surface area contributed by atoms with Gasteiger partial charge in [-0.25, -0.2) is 4.98 Å². The second kappa shape index (κ2) is 7.10. The van der Waals surface area contributed by atoms with E-state index in [2.05, 4.69) is 27.5 Å². The molecule has 2 aromatic rings. The number of benzene rings is 1. The molecular weight excluding hydrogens is 272 g/mol. The molecule has 106 valence electrons. The minimum absolute atomic E-state index is 0.553. The number of nitrogens with zero attached hydrogens (tertiary/aromatic N) is 2. The highest BCUT2D eigenvalue weighted by Crippen LogP contribution is 2.23. The summed E-state index contributed by atoms with van der Waals surface area (Å²) in [5.41, 5.74) is 1.72. The number of anilines is 3. The van der Waals surface area contributed by atoms with E-state index in [-0.39, 0.29) is 0 Å². The van der Waals surface area contributed by atoms with Crippen LogP contribution in [0.2, 0.25) is 5.02 Å². The number of para-hydroxylation sites is 1. The summed E-state index contributed by atoms with van der Waals surface area (Å²) in [6.45, 7) is 5.03. The lowest BCUT2D eigenvalue weighted by molar-refractivity contribution is 0.830. The number of aryl methyl sites for hydroxylation is 1. The Bertz CT molecular complexity index is 572. The third-order valence-corrected chi connectivity index (χ3v) is 3.14. The van der Waals surface area contributed by atoms with Crippen LogP contribution in [0.5, 0.6) is 0 Å². The van der Waals surface area contributed by atoms with Crippen molar-refractivity contribution in [2.75, 3.05) is 17.2 Å². The zero-order valence-electron chi connectivity index (χ0n) is 11.8. The number of nitrogens with one attached hydrogen (secondary N) is 2. The van der Waals surface area contributed by atoms with E-state index < -0.39 is 0 Å². The monoisotopic (exact) mass is 290 g/mol. The Morgan fingerprint density at radius 3 is 2.75 bits per heavy atom. The summed E-state index contributed by atoms with van der Waals surface area (Å²) in [7, 11) is 0. The molecule has 4 nitrogen and oxygen atoms in total. The highest BCUT2D eigenvalue weighted by Gasteiger charge is 2.04. The molecule has 0 aliphatic rings. The summed E-state index contributed by atoms with van der Waals surface area (Å²) in [6, 6.07) is 9.48. The smallest absolute Gasteiger partial charge is 0.229 e. The molecule has 0 saturated heterocycles. The summed E-state index contributed by atoms with van der Waals surface area (Å²) in [6.07, 6.45) is 2.28. The van der Waals surface area contributed by atoms with Gasteiger partial charge in [-0.1, -0.05) is 37.1 Å². The zero-order chi connectivity index (χ0) is 14.4. The van der Waals surface area contributed by atoms with E-state index in [1.807, 2.05) is 37.3 Å². The van der Waals surface area contributed by atoms with Gasteiger partial charge in [-0.2, -0.15) is 4.98 Å². The topological polar surface area (TPSA) is 49.8 Å². The first-order valence-electron chi connectivity index (χ1n) is 6.80. The quantitative estimate of drug-likeness (QED) is 0.775. The molecule has 0 bridgehead atoms. The third-order valence-electron chi connectivity index (χ3n) is 2.81. The van der Waals surface area contributed by atoms with Crippen LogP contribution in [-0.4, -0.2) is 16.5 Å². The van der Waals surface area contributed by atoms with Gasteiger partial charge in [0.2, 0.25) is 5.95 Å². The molecule has 0 radical (unpaired) electrons. The van der Waals surface area contributed by atoms with Crippen LogP contribution in [0.25, 0.3) is 0 Å². The van der Waals surface area contributed by atoms with Crippen molar-refractivity contribution >= 4 is 29.1 Å². The first kappa shape index (κ1) is 14.6. The average Bonchev–Trinajstić information content (AvgIpc) is 2.41. The first-order chi connectivity index (χ1) is 9.69. The van der Waals surface area contributed by atoms with Crippen molar-refractivity contribution in [2.45, 2.75) is 26.7 Å². The molecular formula is C15H19ClN4. The maximum Gasteiger partial charge on any atom is 0.229 e. The van der Waals surface area contributed by atoms with E-state index in [0.717, 1.165) is 36.6 Å². The largest absolute Gasteiger partial charge is 0.370 e. The summed E-state index contributed by atoms with van der Waals surface area (Å²) in [5, 5.41) is 7.10. The van der Waals surface area contributed by atoms with Gasteiger partial charge >= 0.3 is 0 Å². The molecule has 1 aromatic heterocycles. The Hall–Kier alpha value is -1.81. The van der Waals surface area contributed by atoms with Crippen molar-refractivity contribution in [2.24, 2.45) is 0 Å².